The fourth-order valence-corrected chi connectivity index (χ4v) is 7.44. The van der Waals surface area contributed by atoms with Gasteiger partial charge in [-0.3, -0.25) is 19.3 Å². The number of rotatable bonds is 11. The van der Waals surface area contributed by atoms with Crippen LogP contribution in [0.1, 0.15) is 61.6 Å². The number of H-pyrrole nitrogens is 1. The fourth-order valence-electron chi connectivity index (χ4n) is 7.44. The smallest absolute Gasteiger partial charge is 0.323 e. The highest BCUT2D eigenvalue weighted by molar-refractivity contribution is 6.35. The Hall–Kier alpha value is -5.76. The zero-order chi connectivity index (χ0) is 38.5. The van der Waals surface area contributed by atoms with Crippen molar-refractivity contribution in [2.45, 2.75) is 33.2 Å². The van der Waals surface area contributed by atoms with Gasteiger partial charge in [-0.25, -0.2) is 4.79 Å². The Balaban J connectivity index is 0.936. The molecular formula is C42H49N9O4. The van der Waals surface area contributed by atoms with Gasteiger partial charge in [-0.15, -0.1) is 0 Å². The molecule has 5 amide bonds. The molecule has 3 aromatic carbocycles. The Morgan fingerprint density at radius 1 is 0.782 bits per heavy atom. The third kappa shape index (κ3) is 9.14. The second-order valence-electron chi connectivity index (χ2n) is 14.6. The van der Waals surface area contributed by atoms with E-state index < -0.39 is 6.03 Å². The normalized spacial score (nSPS) is 16.9. The summed E-state index contributed by atoms with van der Waals surface area (Å²) >= 11 is 0. The van der Waals surface area contributed by atoms with E-state index >= 15 is 0 Å². The molecule has 0 unspecified atom stereocenters. The van der Waals surface area contributed by atoms with E-state index in [-0.39, 0.29) is 17.7 Å². The summed E-state index contributed by atoms with van der Waals surface area (Å²) in [6.07, 6.45) is 4.18. The standard InChI is InChI=1S/C42H49N9O4/c1-27-36(44-28(2)38(27)41(54)43-15-18-50-16-4-5-17-50)25-35-34-14-13-33(24-37(34)48-40(35)53)47-42(55)46-32-8-6-7-31(23-32)45-39(52)30-11-9-29(10-12-30)26-51-21-19-49(3)20-22-51/h6-14,23-25,44H,4-5,15-22,26H2,1-3H3,(H,43,54)(H,45,52)(H,48,53)(H2,46,47,55). The summed E-state index contributed by atoms with van der Waals surface area (Å²) in [7, 11) is 2.14. The molecule has 6 N–H and O–H groups in total. The van der Waals surface area contributed by atoms with Crippen LogP contribution >= 0.6 is 0 Å². The van der Waals surface area contributed by atoms with E-state index in [0.717, 1.165) is 63.6 Å². The number of urea groups is 1. The van der Waals surface area contributed by atoms with Crippen molar-refractivity contribution < 1.29 is 19.2 Å². The average molecular weight is 744 g/mol. The molecule has 0 aliphatic carbocycles. The molecule has 286 valence electrons. The number of aromatic nitrogens is 1. The number of amides is 5. The number of carbonyl (C=O) groups is 4. The number of nitrogens with zero attached hydrogens (tertiary/aromatic N) is 3. The minimum Gasteiger partial charge on any atom is -0.358 e. The van der Waals surface area contributed by atoms with Crippen LogP contribution in [0.2, 0.25) is 0 Å². The van der Waals surface area contributed by atoms with E-state index in [1.807, 2.05) is 38.1 Å². The summed E-state index contributed by atoms with van der Waals surface area (Å²) in [6.45, 7) is 12.4. The molecule has 3 aliphatic rings. The van der Waals surface area contributed by atoms with Gasteiger partial charge in [-0.05, 0) is 106 Å². The highest BCUT2D eigenvalue weighted by Gasteiger charge is 2.26. The SMILES string of the molecule is Cc1[nH]c(C=C2C(=O)Nc3cc(NC(=O)Nc4cccc(NC(=O)c5ccc(CN6CCN(C)CC6)cc5)c4)ccc32)c(C)c1C(=O)NCCN1CCCC1. The lowest BCUT2D eigenvalue weighted by Crippen LogP contribution is -2.43. The predicted molar refractivity (Wildman–Crippen MR) is 217 cm³/mol. The maximum atomic E-state index is 13.1. The van der Waals surface area contributed by atoms with Crippen LogP contribution in [0.4, 0.5) is 27.5 Å². The molecule has 1 aromatic heterocycles. The van der Waals surface area contributed by atoms with Crippen molar-refractivity contribution in [3.8, 4) is 0 Å². The number of likely N-dealkylation sites (N-methyl/N-ethyl adjacent to an activating group) is 1. The molecule has 55 heavy (non-hydrogen) atoms. The molecule has 0 spiro atoms. The number of aryl methyl sites for hydroxylation is 1. The third-order valence-electron chi connectivity index (χ3n) is 10.6. The Morgan fingerprint density at radius 2 is 1.47 bits per heavy atom. The van der Waals surface area contributed by atoms with E-state index in [9.17, 15) is 19.2 Å². The Bertz CT molecular complexity index is 2110. The first-order valence-electron chi connectivity index (χ1n) is 19.0. The van der Waals surface area contributed by atoms with Crippen molar-refractivity contribution in [2.75, 3.05) is 80.7 Å². The van der Waals surface area contributed by atoms with Gasteiger partial charge in [0.25, 0.3) is 17.7 Å². The molecular weight excluding hydrogens is 695 g/mol. The number of piperazine rings is 1. The summed E-state index contributed by atoms with van der Waals surface area (Å²) in [5.41, 5.74) is 7.74. The number of hydrogen-bond acceptors (Lipinski definition) is 7. The highest BCUT2D eigenvalue weighted by Crippen LogP contribution is 2.36. The van der Waals surface area contributed by atoms with E-state index in [1.165, 1.54) is 18.4 Å². The minimum absolute atomic E-state index is 0.130. The van der Waals surface area contributed by atoms with Gasteiger partial charge in [-0.1, -0.05) is 24.3 Å². The number of benzene rings is 3. The van der Waals surface area contributed by atoms with Crippen molar-refractivity contribution in [2.24, 2.45) is 0 Å². The van der Waals surface area contributed by atoms with Crippen molar-refractivity contribution in [3.05, 3.63) is 106 Å². The molecule has 0 bridgehead atoms. The topological polar surface area (TPSA) is 154 Å². The second kappa shape index (κ2) is 16.7. The Labute approximate surface area is 321 Å². The molecule has 4 heterocycles. The first kappa shape index (κ1) is 37.6. The molecule has 2 saturated heterocycles. The zero-order valence-electron chi connectivity index (χ0n) is 31.7. The van der Waals surface area contributed by atoms with Crippen LogP contribution < -0.4 is 26.6 Å². The van der Waals surface area contributed by atoms with Crippen LogP contribution in [0.3, 0.4) is 0 Å². The van der Waals surface area contributed by atoms with Gasteiger partial charge in [0.2, 0.25) is 0 Å². The van der Waals surface area contributed by atoms with Crippen LogP contribution in [0, 0.1) is 13.8 Å². The predicted octanol–water partition coefficient (Wildman–Crippen LogP) is 5.59. The highest BCUT2D eigenvalue weighted by atomic mass is 16.2. The van der Waals surface area contributed by atoms with Crippen molar-refractivity contribution in [1.29, 1.82) is 0 Å². The molecule has 7 rings (SSSR count). The second-order valence-corrected chi connectivity index (χ2v) is 14.6. The van der Waals surface area contributed by atoms with E-state index in [0.29, 0.717) is 57.3 Å². The van der Waals surface area contributed by atoms with Gasteiger partial charge in [-0.2, -0.15) is 0 Å². The van der Waals surface area contributed by atoms with Gasteiger partial charge in [0.05, 0.1) is 16.8 Å². The van der Waals surface area contributed by atoms with Gasteiger partial charge < -0.3 is 41.4 Å². The van der Waals surface area contributed by atoms with E-state index in [1.54, 1.807) is 48.5 Å². The molecule has 13 nitrogen and oxygen atoms in total. The number of carbonyl (C=O) groups excluding carboxylic acids is 4. The van der Waals surface area contributed by atoms with Crippen molar-refractivity contribution >= 4 is 58.2 Å². The van der Waals surface area contributed by atoms with Gasteiger partial charge in [0.15, 0.2) is 0 Å². The number of nitrogens with one attached hydrogen (secondary N) is 6. The quantitative estimate of drug-likeness (QED) is 0.110. The molecule has 13 heteroatoms. The first-order chi connectivity index (χ1) is 26.6. The lowest BCUT2D eigenvalue weighted by Gasteiger charge is -2.32. The summed E-state index contributed by atoms with van der Waals surface area (Å²) in [6, 6.07) is 19.3. The van der Waals surface area contributed by atoms with Crippen LogP contribution in [0.25, 0.3) is 11.6 Å². The monoisotopic (exact) mass is 743 g/mol. The summed E-state index contributed by atoms with van der Waals surface area (Å²) in [5, 5.41) is 14.5. The zero-order valence-corrected chi connectivity index (χ0v) is 31.7. The number of anilines is 4. The van der Waals surface area contributed by atoms with Gasteiger partial charge >= 0.3 is 6.03 Å². The van der Waals surface area contributed by atoms with Crippen LogP contribution in [-0.4, -0.2) is 103 Å². The van der Waals surface area contributed by atoms with Crippen LogP contribution in [-0.2, 0) is 11.3 Å². The summed E-state index contributed by atoms with van der Waals surface area (Å²) in [4.78, 5) is 62.6. The number of aromatic amines is 1. The lowest BCUT2D eigenvalue weighted by molar-refractivity contribution is -0.110. The number of likely N-dealkylation sites (tertiary alicyclic amines) is 1. The number of hydrogen-bond donors (Lipinski definition) is 6. The molecule has 0 radical (unpaired) electrons. The van der Waals surface area contributed by atoms with Gasteiger partial charge in [0.1, 0.15) is 0 Å². The van der Waals surface area contributed by atoms with E-state index in [2.05, 4.69) is 53.3 Å². The third-order valence-corrected chi connectivity index (χ3v) is 10.6. The molecule has 0 atom stereocenters. The maximum Gasteiger partial charge on any atom is 0.323 e. The Kier molecular flexibility index (Phi) is 11.4. The molecule has 0 saturated carbocycles. The van der Waals surface area contributed by atoms with E-state index in [4.69, 9.17) is 0 Å². The van der Waals surface area contributed by atoms with Crippen molar-refractivity contribution in [3.63, 3.8) is 0 Å². The van der Waals surface area contributed by atoms with Gasteiger partial charge in [0, 0.05) is 85.4 Å². The molecule has 2 fully saturated rings. The maximum absolute atomic E-state index is 13.1. The largest absolute Gasteiger partial charge is 0.358 e. The van der Waals surface area contributed by atoms with Crippen molar-refractivity contribution in [1.82, 2.24) is 25.0 Å². The molecule has 4 aromatic rings. The minimum atomic E-state index is -0.483. The fraction of sp³-hybridized carbons (Fsp3) is 0.333. The summed E-state index contributed by atoms with van der Waals surface area (Å²) < 4.78 is 0. The first-order valence-corrected chi connectivity index (χ1v) is 19.0. The summed E-state index contributed by atoms with van der Waals surface area (Å²) in [5.74, 6) is -0.646. The lowest BCUT2D eigenvalue weighted by atomic mass is 10.0. The Morgan fingerprint density at radius 3 is 2.20 bits per heavy atom. The average Bonchev–Trinajstić information content (AvgIpc) is 3.86. The number of fused-ring (bicyclic) bond motifs is 1. The van der Waals surface area contributed by atoms with Crippen LogP contribution in [0.5, 0.6) is 0 Å². The van der Waals surface area contributed by atoms with Crippen LogP contribution in [0.15, 0.2) is 66.7 Å². The molecule has 3 aliphatic heterocycles.